The average Bonchev–Trinajstić information content (AvgIpc) is 2.81. The second-order valence-corrected chi connectivity index (χ2v) is 5.96. The van der Waals surface area contributed by atoms with E-state index in [4.69, 9.17) is 21.1 Å². The average molecular weight is 442 g/mol. The first-order valence-electron chi connectivity index (χ1n) is 7.06. The van der Waals surface area contributed by atoms with Gasteiger partial charge >= 0.3 is 12.5 Å². The SMILES string of the molecule is CCOC(=O)COc1cc(-c2nc(C)n(C(F)F)c2Br)c(F)cc1Cl. The van der Waals surface area contributed by atoms with Gasteiger partial charge in [0.25, 0.3) is 0 Å². The Labute approximate surface area is 154 Å². The van der Waals surface area contributed by atoms with Crippen LogP contribution in [0.1, 0.15) is 19.3 Å². The van der Waals surface area contributed by atoms with Crippen molar-refractivity contribution in [1.82, 2.24) is 9.55 Å². The summed E-state index contributed by atoms with van der Waals surface area (Å²) in [6, 6.07) is 2.15. The Morgan fingerprint density at radius 1 is 1.44 bits per heavy atom. The van der Waals surface area contributed by atoms with Crippen molar-refractivity contribution in [3.63, 3.8) is 0 Å². The summed E-state index contributed by atoms with van der Waals surface area (Å²) in [5.74, 6) is -1.39. The number of carbonyl (C=O) groups excluding carboxylic acids is 1. The van der Waals surface area contributed by atoms with E-state index in [-0.39, 0.29) is 39.1 Å². The van der Waals surface area contributed by atoms with Crippen LogP contribution in [0.15, 0.2) is 16.7 Å². The number of nitrogens with zero attached hydrogens (tertiary/aromatic N) is 2. The normalized spacial score (nSPS) is 11.0. The first-order chi connectivity index (χ1) is 11.8. The minimum atomic E-state index is -2.84. The highest BCUT2D eigenvalue weighted by Crippen LogP contribution is 2.37. The lowest BCUT2D eigenvalue weighted by atomic mass is 10.1. The summed E-state index contributed by atoms with van der Waals surface area (Å²) >= 11 is 8.91. The van der Waals surface area contributed by atoms with Gasteiger partial charge in [0.15, 0.2) is 6.61 Å². The lowest BCUT2D eigenvalue weighted by Gasteiger charge is -2.10. The van der Waals surface area contributed by atoms with E-state index in [1.54, 1.807) is 6.92 Å². The second kappa shape index (κ2) is 8.09. The van der Waals surface area contributed by atoms with Gasteiger partial charge in [0.2, 0.25) is 0 Å². The summed E-state index contributed by atoms with van der Waals surface area (Å²) < 4.78 is 50.8. The van der Waals surface area contributed by atoms with Crippen molar-refractivity contribution >= 4 is 33.5 Å². The zero-order valence-corrected chi connectivity index (χ0v) is 15.5. The van der Waals surface area contributed by atoms with E-state index in [1.165, 1.54) is 13.0 Å². The lowest BCUT2D eigenvalue weighted by Crippen LogP contribution is -2.14. The number of aromatic nitrogens is 2. The van der Waals surface area contributed by atoms with Gasteiger partial charge in [-0.1, -0.05) is 11.6 Å². The van der Waals surface area contributed by atoms with Crippen molar-refractivity contribution in [3.05, 3.63) is 33.4 Å². The highest BCUT2D eigenvalue weighted by atomic mass is 79.9. The maximum Gasteiger partial charge on any atom is 0.344 e. The van der Waals surface area contributed by atoms with Crippen molar-refractivity contribution in [3.8, 4) is 17.0 Å². The zero-order chi connectivity index (χ0) is 18.7. The van der Waals surface area contributed by atoms with E-state index in [9.17, 15) is 18.0 Å². The number of carbonyl (C=O) groups is 1. The molecular weight excluding hydrogens is 429 g/mol. The molecule has 0 radical (unpaired) electrons. The summed E-state index contributed by atoms with van der Waals surface area (Å²) in [7, 11) is 0. The quantitative estimate of drug-likeness (QED) is 0.607. The Balaban J connectivity index is 2.41. The summed E-state index contributed by atoms with van der Waals surface area (Å²) in [5.41, 5.74) is -0.134. The molecule has 5 nitrogen and oxygen atoms in total. The number of alkyl halides is 2. The second-order valence-electron chi connectivity index (χ2n) is 4.80. The summed E-state index contributed by atoms with van der Waals surface area (Å²) in [4.78, 5) is 15.3. The van der Waals surface area contributed by atoms with Crippen LogP contribution in [-0.4, -0.2) is 28.7 Å². The third-order valence-electron chi connectivity index (χ3n) is 3.15. The van der Waals surface area contributed by atoms with Crippen molar-refractivity contribution in [1.29, 1.82) is 0 Å². The summed E-state index contributed by atoms with van der Waals surface area (Å²) in [6.07, 6.45) is 0. The summed E-state index contributed by atoms with van der Waals surface area (Å²) in [6.45, 7) is -0.0795. The first-order valence-corrected chi connectivity index (χ1v) is 8.23. The van der Waals surface area contributed by atoms with Gasteiger partial charge in [-0.3, -0.25) is 4.57 Å². The zero-order valence-electron chi connectivity index (χ0n) is 13.2. The van der Waals surface area contributed by atoms with Gasteiger partial charge < -0.3 is 9.47 Å². The molecule has 0 saturated heterocycles. The number of aryl methyl sites for hydroxylation is 1. The number of benzene rings is 1. The number of esters is 1. The van der Waals surface area contributed by atoms with Crippen molar-refractivity contribution in [2.45, 2.75) is 20.4 Å². The predicted octanol–water partition coefficient (Wildman–Crippen LogP) is 4.75. The van der Waals surface area contributed by atoms with Crippen LogP contribution in [0, 0.1) is 12.7 Å². The molecule has 0 fully saturated rings. The number of rotatable bonds is 6. The van der Waals surface area contributed by atoms with E-state index in [2.05, 4.69) is 20.9 Å². The molecule has 0 saturated carbocycles. The number of ether oxygens (including phenoxy) is 2. The van der Waals surface area contributed by atoms with Crippen LogP contribution < -0.4 is 4.74 Å². The maximum atomic E-state index is 14.3. The molecule has 0 aliphatic carbocycles. The summed E-state index contributed by atoms with van der Waals surface area (Å²) in [5, 5.41) is -0.0771. The van der Waals surface area contributed by atoms with Crippen LogP contribution in [-0.2, 0) is 9.53 Å². The fraction of sp³-hybridized carbons (Fsp3) is 0.333. The van der Waals surface area contributed by atoms with Gasteiger partial charge in [-0.25, -0.2) is 14.2 Å². The van der Waals surface area contributed by atoms with E-state index >= 15 is 0 Å². The molecule has 0 aliphatic heterocycles. The molecule has 136 valence electrons. The van der Waals surface area contributed by atoms with Gasteiger partial charge in [-0.2, -0.15) is 8.78 Å². The minimum Gasteiger partial charge on any atom is -0.480 e. The molecule has 0 aliphatic rings. The van der Waals surface area contributed by atoms with E-state index in [0.29, 0.717) is 4.57 Å². The van der Waals surface area contributed by atoms with Gasteiger partial charge in [0, 0.05) is 5.56 Å². The molecule has 25 heavy (non-hydrogen) atoms. The van der Waals surface area contributed by atoms with Crippen LogP contribution in [0.25, 0.3) is 11.3 Å². The molecule has 0 bridgehead atoms. The van der Waals surface area contributed by atoms with E-state index < -0.39 is 24.9 Å². The number of halogens is 5. The molecule has 1 heterocycles. The molecule has 10 heteroatoms. The van der Waals surface area contributed by atoms with Crippen LogP contribution >= 0.6 is 27.5 Å². The fourth-order valence-corrected chi connectivity index (χ4v) is 3.00. The number of imidazole rings is 1. The van der Waals surface area contributed by atoms with Crippen molar-refractivity contribution in [2.75, 3.05) is 13.2 Å². The molecule has 1 aromatic heterocycles. The van der Waals surface area contributed by atoms with Crippen LogP contribution in [0.5, 0.6) is 5.75 Å². The smallest absolute Gasteiger partial charge is 0.344 e. The van der Waals surface area contributed by atoms with Gasteiger partial charge in [-0.05, 0) is 41.9 Å². The molecule has 2 aromatic rings. The van der Waals surface area contributed by atoms with E-state index in [1.807, 2.05) is 0 Å². The van der Waals surface area contributed by atoms with E-state index in [0.717, 1.165) is 6.07 Å². The lowest BCUT2D eigenvalue weighted by molar-refractivity contribution is -0.145. The van der Waals surface area contributed by atoms with Crippen LogP contribution in [0.3, 0.4) is 0 Å². The first kappa shape index (κ1) is 19.6. The monoisotopic (exact) mass is 440 g/mol. The Morgan fingerprint density at radius 3 is 2.68 bits per heavy atom. The highest BCUT2D eigenvalue weighted by molar-refractivity contribution is 9.10. The van der Waals surface area contributed by atoms with Crippen molar-refractivity contribution < 1.29 is 27.4 Å². The fourth-order valence-electron chi connectivity index (χ4n) is 2.08. The molecule has 0 atom stereocenters. The van der Waals surface area contributed by atoms with Crippen LogP contribution in [0.4, 0.5) is 13.2 Å². The Hall–Kier alpha value is -1.74. The minimum absolute atomic E-state index is 0.000201. The Bertz CT molecular complexity index is 799. The third-order valence-corrected chi connectivity index (χ3v) is 4.20. The maximum absolute atomic E-state index is 14.3. The largest absolute Gasteiger partial charge is 0.480 e. The third kappa shape index (κ3) is 4.27. The van der Waals surface area contributed by atoms with Crippen LogP contribution in [0.2, 0.25) is 5.02 Å². The van der Waals surface area contributed by atoms with Gasteiger partial charge in [0.05, 0.1) is 11.6 Å². The predicted molar refractivity (Wildman–Crippen MR) is 88.4 cm³/mol. The standard InChI is InChI=1S/C15H13BrClF3N2O3/c1-3-24-12(23)6-25-11-4-8(10(18)5-9(11)17)13-14(16)22(15(19)20)7(2)21-13/h4-5,15H,3,6H2,1-2H3. The molecule has 0 unspecified atom stereocenters. The van der Waals surface area contributed by atoms with Gasteiger partial charge in [0.1, 0.15) is 27.7 Å². The Kier molecular flexibility index (Phi) is 6.34. The van der Waals surface area contributed by atoms with Crippen molar-refractivity contribution in [2.24, 2.45) is 0 Å². The Morgan fingerprint density at radius 2 is 2.12 bits per heavy atom. The number of hydrogen-bond donors (Lipinski definition) is 0. The number of hydrogen-bond acceptors (Lipinski definition) is 4. The molecule has 0 amide bonds. The molecule has 0 spiro atoms. The molecule has 1 aromatic carbocycles. The molecule has 0 N–H and O–H groups in total. The molecule has 2 rings (SSSR count). The topological polar surface area (TPSA) is 53.4 Å². The molecular formula is C15H13BrClF3N2O3. The van der Waals surface area contributed by atoms with Gasteiger partial charge in [-0.15, -0.1) is 0 Å². The highest BCUT2D eigenvalue weighted by Gasteiger charge is 2.23.